The van der Waals surface area contributed by atoms with Gasteiger partial charge in [-0.1, -0.05) is 6.07 Å². The van der Waals surface area contributed by atoms with Crippen LogP contribution in [0.2, 0.25) is 0 Å². The smallest absolute Gasteiger partial charge is 0.144 e. The van der Waals surface area contributed by atoms with Gasteiger partial charge in [0.25, 0.3) is 0 Å². The van der Waals surface area contributed by atoms with Crippen molar-refractivity contribution in [3.05, 3.63) is 18.2 Å². The third kappa shape index (κ3) is 3.32. The van der Waals surface area contributed by atoms with Crippen LogP contribution in [0.3, 0.4) is 0 Å². The molecule has 0 amide bonds. The average molecular weight is 264 g/mol. The molecule has 0 aromatic heterocycles. The Morgan fingerprint density at radius 3 is 2.58 bits per heavy atom. The summed E-state index contributed by atoms with van der Waals surface area (Å²) in [5.41, 5.74) is 8.03. The summed E-state index contributed by atoms with van der Waals surface area (Å²) in [4.78, 5) is 2.33. The van der Waals surface area contributed by atoms with Crippen LogP contribution in [-0.4, -0.2) is 32.4 Å². The van der Waals surface area contributed by atoms with Gasteiger partial charge in [0, 0.05) is 19.7 Å². The van der Waals surface area contributed by atoms with Crippen LogP contribution >= 0.6 is 0 Å². The van der Waals surface area contributed by atoms with E-state index in [-0.39, 0.29) is 0 Å². The summed E-state index contributed by atoms with van der Waals surface area (Å²) < 4.78 is 11.2. The highest BCUT2D eigenvalue weighted by molar-refractivity contribution is 5.74. The first-order valence-corrected chi connectivity index (χ1v) is 7.14. The van der Waals surface area contributed by atoms with Crippen molar-refractivity contribution in [2.45, 2.75) is 32.8 Å². The molecule has 0 aliphatic carbocycles. The number of hydrogen-bond donors (Lipinski definition) is 1. The molecule has 1 aromatic carbocycles. The number of nitrogen functional groups attached to an aromatic ring is 1. The van der Waals surface area contributed by atoms with E-state index in [0.29, 0.717) is 12.7 Å². The summed E-state index contributed by atoms with van der Waals surface area (Å²) in [7, 11) is 0. The minimum absolute atomic E-state index is 0.401. The molecule has 0 unspecified atom stereocenters. The molecule has 0 bridgehead atoms. The Balaban J connectivity index is 2.05. The molecule has 1 aromatic rings. The quantitative estimate of drug-likeness (QED) is 0.831. The lowest BCUT2D eigenvalue weighted by atomic mass is 10.1. The van der Waals surface area contributed by atoms with E-state index < -0.39 is 0 Å². The number of ether oxygens (including phenoxy) is 2. The number of rotatable bonds is 5. The van der Waals surface area contributed by atoms with Crippen molar-refractivity contribution in [2.75, 3.05) is 36.9 Å². The van der Waals surface area contributed by atoms with Crippen molar-refractivity contribution >= 4 is 11.4 Å². The van der Waals surface area contributed by atoms with E-state index in [1.165, 1.54) is 0 Å². The number of piperidine rings is 1. The largest absolute Gasteiger partial charge is 0.492 e. The van der Waals surface area contributed by atoms with Crippen molar-refractivity contribution < 1.29 is 9.47 Å². The van der Waals surface area contributed by atoms with E-state index >= 15 is 0 Å². The summed E-state index contributed by atoms with van der Waals surface area (Å²) >= 11 is 0. The maximum Gasteiger partial charge on any atom is 0.144 e. The van der Waals surface area contributed by atoms with E-state index in [4.69, 9.17) is 15.2 Å². The number of para-hydroxylation sites is 1. The minimum Gasteiger partial charge on any atom is -0.492 e. The lowest BCUT2D eigenvalue weighted by Gasteiger charge is -2.34. The number of benzene rings is 1. The molecule has 4 heteroatoms. The Morgan fingerprint density at radius 2 is 1.95 bits per heavy atom. The maximum atomic E-state index is 6.20. The molecular weight excluding hydrogens is 240 g/mol. The van der Waals surface area contributed by atoms with Gasteiger partial charge in [-0.15, -0.1) is 0 Å². The third-order valence-corrected chi connectivity index (χ3v) is 3.53. The van der Waals surface area contributed by atoms with Gasteiger partial charge in [-0.25, -0.2) is 0 Å². The first-order chi connectivity index (χ1) is 9.26. The summed E-state index contributed by atoms with van der Waals surface area (Å²) in [6, 6.07) is 6.00. The van der Waals surface area contributed by atoms with E-state index in [2.05, 4.69) is 17.9 Å². The van der Waals surface area contributed by atoms with Crippen LogP contribution < -0.4 is 15.4 Å². The molecule has 1 saturated heterocycles. The highest BCUT2D eigenvalue weighted by atomic mass is 16.5. The van der Waals surface area contributed by atoms with Gasteiger partial charge in [0.15, 0.2) is 0 Å². The van der Waals surface area contributed by atoms with Gasteiger partial charge in [-0.05, 0) is 38.8 Å². The molecule has 106 valence electrons. The normalized spacial score (nSPS) is 16.6. The van der Waals surface area contributed by atoms with Gasteiger partial charge in [-0.3, -0.25) is 0 Å². The van der Waals surface area contributed by atoms with E-state index in [1.54, 1.807) is 0 Å². The van der Waals surface area contributed by atoms with Crippen LogP contribution in [0.5, 0.6) is 5.75 Å². The van der Waals surface area contributed by atoms with Crippen LogP contribution in [0.25, 0.3) is 0 Å². The van der Waals surface area contributed by atoms with Gasteiger partial charge >= 0.3 is 0 Å². The zero-order chi connectivity index (χ0) is 13.7. The standard InChI is InChI=1S/C15H24N2O2/c1-3-18-12-8-10-17(11-9-12)13-6-5-7-14(15(13)16)19-4-2/h5-7,12H,3-4,8-11,16H2,1-2H3. The second-order valence-corrected chi connectivity index (χ2v) is 4.76. The summed E-state index contributed by atoms with van der Waals surface area (Å²) in [5.74, 6) is 0.784. The second-order valence-electron chi connectivity index (χ2n) is 4.76. The topological polar surface area (TPSA) is 47.7 Å². The fourth-order valence-electron chi connectivity index (χ4n) is 2.59. The van der Waals surface area contributed by atoms with Crippen LogP contribution in [0.1, 0.15) is 26.7 Å². The van der Waals surface area contributed by atoms with E-state index in [1.807, 2.05) is 19.1 Å². The van der Waals surface area contributed by atoms with Gasteiger partial charge in [0.2, 0.25) is 0 Å². The molecule has 1 aliphatic heterocycles. The monoisotopic (exact) mass is 264 g/mol. The Labute approximate surface area is 115 Å². The third-order valence-electron chi connectivity index (χ3n) is 3.53. The Kier molecular flexibility index (Phi) is 4.91. The predicted octanol–water partition coefficient (Wildman–Crippen LogP) is 2.67. The zero-order valence-corrected chi connectivity index (χ0v) is 11.9. The van der Waals surface area contributed by atoms with E-state index in [9.17, 15) is 0 Å². The molecule has 0 radical (unpaired) electrons. The van der Waals surface area contributed by atoms with Crippen molar-refractivity contribution in [2.24, 2.45) is 0 Å². The molecule has 0 atom stereocenters. The lowest BCUT2D eigenvalue weighted by molar-refractivity contribution is 0.0459. The lowest BCUT2D eigenvalue weighted by Crippen LogP contribution is -2.37. The number of nitrogens with zero attached hydrogens (tertiary/aromatic N) is 1. The zero-order valence-electron chi connectivity index (χ0n) is 11.9. The van der Waals surface area contributed by atoms with Crippen molar-refractivity contribution in [3.8, 4) is 5.75 Å². The Bertz CT molecular complexity index is 401. The molecule has 0 saturated carbocycles. The van der Waals surface area contributed by atoms with Crippen molar-refractivity contribution in [3.63, 3.8) is 0 Å². The molecule has 1 fully saturated rings. The molecule has 1 heterocycles. The maximum absolute atomic E-state index is 6.20. The fraction of sp³-hybridized carbons (Fsp3) is 0.600. The predicted molar refractivity (Wildman–Crippen MR) is 78.9 cm³/mol. The second kappa shape index (κ2) is 6.66. The highest BCUT2D eigenvalue weighted by Gasteiger charge is 2.21. The summed E-state index contributed by atoms with van der Waals surface area (Å²) in [6.45, 7) is 7.44. The van der Waals surface area contributed by atoms with Crippen molar-refractivity contribution in [1.29, 1.82) is 0 Å². The van der Waals surface area contributed by atoms with Gasteiger partial charge in [-0.2, -0.15) is 0 Å². The fourth-order valence-corrected chi connectivity index (χ4v) is 2.59. The Morgan fingerprint density at radius 1 is 1.21 bits per heavy atom. The van der Waals surface area contributed by atoms with Crippen LogP contribution in [0, 0.1) is 0 Å². The van der Waals surface area contributed by atoms with Crippen LogP contribution in [-0.2, 0) is 4.74 Å². The van der Waals surface area contributed by atoms with Crippen LogP contribution in [0.15, 0.2) is 18.2 Å². The van der Waals surface area contributed by atoms with Gasteiger partial charge < -0.3 is 20.1 Å². The summed E-state index contributed by atoms with van der Waals surface area (Å²) in [6.07, 6.45) is 2.52. The highest BCUT2D eigenvalue weighted by Crippen LogP contribution is 2.33. The molecule has 2 rings (SSSR count). The Hall–Kier alpha value is -1.42. The molecule has 2 N–H and O–H groups in total. The molecule has 4 nitrogen and oxygen atoms in total. The van der Waals surface area contributed by atoms with Gasteiger partial charge in [0.1, 0.15) is 5.75 Å². The van der Waals surface area contributed by atoms with Gasteiger partial charge in [0.05, 0.1) is 24.1 Å². The minimum atomic E-state index is 0.401. The average Bonchev–Trinajstić information content (AvgIpc) is 2.43. The SMILES string of the molecule is CCOc1cccc(N2CCC(OCC)CC2)c1N. The molecule has 1 aliphatic rings. The molecule has 19 heavy (non-hydrogen) atoms. The number of anilines is 2. The molecule has 0 spiro atoms. The first kappa shape index (κ1) is 14.0. The van der Waals surface area contributed by atoms with Crippen LogP contribution in [0.4, 0.5) is 11.4 Å². The first-order valence-electron chi connectivity index (χ1n) is 7.14. The number of hydrogen-bond acceptors (Lipinski definition) is 4. The number of nitrogens with two attached hydrogens (primary N) is 1. The summed E-state index contributed by atoms with van der Waals surface area (Å²) in [5, 5.41) is 0. The van der Waals surface area contributed by atoms with Crippen molar-refractivity contribution in [1.82, 2.24) is 0 Å². The molecular formula is C15H24N2O2. The van der Waals surface area contributed by atoms with E-state index in [0.717, 1.165) is 49.7 Å².